The van der Waals surface area contributed by atoms with Crippen molar-refractivity contribution in [1.29, 1.82) is 0 Å². The number of aromatic amines is 1. The highest BCUT2D eigenvalue weighted by Gasteiger charge is 2.01. The number of esters is 1. The summed E-state index contributed by atoms with van der Waals surface area (Å²) in [6.45, 7) is 42.8. The Balaban J connectivity index is -0.0000000768. The van der Waals surface area contributed by atoms with Crippen molar-refractivity contribution in [3.05, 3.63) is 18.7 Å². The Hall–Kier alpha value is -1.89. The van der Waals surface area contributed by atoms with E-state index < -0.39 is 5.97 Å². The quantitative estimate of drug-likeness (QED) is 0.0514. The van der Waals surface area contributed by atoms with E-state index in [0.29, 0.717) is 13.0 Å². The molecule has 0 spiro atoms. The van der Waals surface area contributed by atoms with Gasteiger partial charge in [-0.15, -0.1) is 0 Å². The number of imidazole rings is 1. The van der Waals surface area contributed by atoms with Crippen LogP contribution in [0.5, 0.6) is 0 Å². The van der Waals surface area contributed by atoms with Crippen LogP contribution in [0.2, 0.25) is 0 Å². The minimum atomic E-state index is -0.675. The number of hydrogen-bond acceptors (Lipinski definition) is 5. The highest BCUT2D eigenvalue weighted by atomic mass is 16.5. The maximum Gasteiger partial charge on any atom is 0.303 e. The number of aromatic nitrogens is 2. The first-order valence-corrected chi connectivity index (χ1v) is 31.0. The van der Waals surface area contributed by atoms with E-state index in [2.05, 4.69) is 105 Å². The fourth-order valence-electron chi connectivity index (χ4n) is 5.90. The molecule has 1 rings (SSSR count). The molecular weight excluding hydrogens is 875 g/mol. The van der Waals surface area contributed by atoms with Crippen LogP contribution in [0.4, 0.5) is 0 Å². The van der Waals surface area contributed by atoms with Gasteiger partial charge in [0.25, 0.3) is 0 Å². The van der Waals surface area contributed by atoms with E-state index in [0.717, 1.165) is 25.7 Å². The van der Waals surface area contributed by atoms with Crippen molar-refractivity contribution in [2.45, 2.75) is 363 Å². The summed E-state index contributed by atoms with van der Waals surface area (Å²) >= 11 is 0. The third-order valence-corrected chi connectivity index (χ3v) is 10.6. The molecule has 0 aliphatic heterocycles. The fraction of sp³-hybridized carbons (Fsp3) is 0.922. The molecule has 1 heterocycles. The molecule has 0 saturated carbocycles. The molecule has 0 unspecified atom stereocenters. The largest absolute Gasteiger partial charge is 0.481 e. The van der Waals surface area contributed by atoms with Gasteiger partial charge in [-0.05, 0) is 51.7 Å². The van der Waals surface area contributed by atoms with Gasteiger partial charge < -0.3 is 19.7 Å². The Morgan fingerprint density at radius 3 is 1.00 bits per heavy atom. The van der Waals surface area contributed by atoms with Crippen molar-refractivity contribution in [3.8, 4) is 0 Å². The molecule has 7 nitrogen and oxygen atoms in total. The number of aliphatic carboxylic acids is 1. The Morgan fingerprint density at radius 2 is 0.746 bits per heavy atom. The average molecular weight is 1020 g/mol. The standard InChI is InChI=1S/C15H32.C12H27N.C9H18O2.C7H14O2.C5H12.2C4H10.C3H4N2.2C2H6.CH4/c1-3-5-7-9-11-13-15-14-12-10-8-6-4-2;1-4-7-9-12-13(10-6-3)11-8-5-2;1-3-4-5-6-7-8-11-9(2)10;1-2-3-4-5-6-7(8)9;1-3-5-4-2;2*1-3-4-2;1-2-5-3-4-1;2*1-2;/h3-15H2,1-2H3;4-12H2,1-3H3;3-8H2,1-2H3;2-6H2,1H3,(H,8,9);3-5H2,1-2H3;2*3-4H2,1-2H3;1-3H,(H,4,5);2*1-2H3;1H4. The zero-order chi connectivity index (χ0) is 55.3. The van der Waals surface area contributed by atoms with Crippen molar-refractivity contribution in [3.63, 3.8) is 0 Å². The van der Waals surface area contributed by atoms with E-state index in [1.807, 2.05) is 27.7 Å². The van der Waals surface area contributed by atoms with Gasteiger partial charge in [0.2, 0.25) is 0 Å². The number of carboxylic acid groups (broad SMARTS) is 1. The molecule has 71 heavy (non-hydrogen) atoms. The number of hydrogen-bond donors (Lipinski definition) is 2. The second kappa shape index (κ2) is 109. The van der Waals surface area contributed by atoms with Crippen LogP contribution in [0.1, 0.15) is 363 Å². The Kier molecular flexibility index (Phi) is 141. The molecule has 1 aromatic heterocycles. The second-order valence-corrected chi connectivity index (χ2v) is 17.9. The summed E-state index contributed by atoms with van der Waals surface area (Å²) in [4.78, 5) is 29.3. The van der Waals surface area contributed by atoms with Gasteiger partial charge in [-0.1, -0.05) is 318 Å². The molecule has 0 radical (unpaired) electrons. The van der Waals surface area contributed by atoms with Crippen molar-refractivity contribution < 1.29 is 19.4 Å². The van der Waals surface area contributed by atoms with Gasteiger partial charge in [0.15, 0.2) is 0 Å². The van der Waals surface area contributed by atoms with Crippen LogP contribution in [-0.2, 0) is 14.3 Å². The third kappa shape index (κ3) is 146. The number of carbonyl (C=O) groups excluding carboxylic acids is 1. The van der Waals surface area contributed by atoms with E-state index in [9.17, 15) is 9.59 Å². The molecule has 0 saturated heterocycles. The van der Waals surface area contributed by atoms with Gasteiger partial charge in [-0.3, -0.25) is 9.59 Å². The first-order valence-electron chi connectivity index (χ1n) is 31.0. The highest BCUT2D eigenvalue weighted by Crippen LogP contribution is 2.12. The van der Waals surface area contributed by atoms with E-state index in [4.69, 9.17) is 9.84 Å². The summed E-state index contributed by atoms with van der Waals surface area (Å²) in [7, 11) is 0. The number of rotatable bonds is 36. The monoisotopic (exact) mass is 1020 g/mol. The van der Waals surface area contributed by atoms with Gasteiger partial charge in [-0.2, -0.15) is 0 Å². The second-order valence-electron chi connectivity index (χ2n) is 17.9. The molecule has 0 aromatic carbocycles. The van der Waals surface area contributed by atoms with Gasteiger partial charge in [0.05, 0.1) is 12.9 Å². The fourth-order valence-corrected chi connectivity index (χ4v) is 5.90. The smallest absolute Gasteiger partial charge is 0.303 e. The summed E-state index contributed by atoms with van der Waals surface area (Å²) in [5.74, 6) is -0.841. The van der Waals surface area contributed by atoms with Gasteiger partial charge in [0.1, 0.15) is 0 Å². The Labute approximate surface area is 452 Å². The Bertz CT molecular complexity index is 814. The number of nitrogens with one attached hydrogen (secondary N) is 1. The number of carbonyl (C=O) groups is 2. The van der Waals surface area contributed by atoms with E-state index in [-0.39, 0.29) is 13.4 Å². The molecule has 0 atom stereocenters. The van der Waals surface area contributed by atoms with Crippen molar-refractivity contribution >= 4 is 11.9 Å². The van der Waals surface area contributed by atoms with Gasteiger partial charge >= 0.3 is 11.9 Å². The molecule has 0 amide bonds. The van der Waals surface area contributed by atoms with Crippen LogP contribution >= 0.6 is 0 Å². The normalized spacial score (nSPS) is 9.17. The maximum absolute atomic E-state index is 10.3. The zero-order valence-corrected chi connectivity index (χ0v) is 52.1. The van der Waals surface area contributed by atoms with Crippen molar-refractivity contribution in [2.75, 3.05) is 26.2 Å². The molecule has 0 fully saturated rings. The van der Waals surface area contributed by atoms with E-state index in [1.165, 1.54) is 226 Å². The highest BCUT2D eigenvalue weighted by molar-refractivity contribution is 5.66. The van der Waals surface area contributed by atoms with Crippen molar-refractivity contribution in [1.82, 2.24) is 14.9 Å². The molecule has 0 aliphatic carbocycles. The lowest BCUT2D eigenvalue weighted by Gasteiger charge is -2.21. The molecule has 2 N–H and O–H groups in total. The first kappa shape index (κ1) is 91.8. The summed E-state index contributed by atoms with van der Waals surface area (Å²) in [5, 5.41) is 8.21. The number of unbranched alkanes of at least 4 members (excludes halogenated alkanes) is 26. The lowest BCUT2D eigenvalue weighted by molar-refractivity contribution is -0.141. The third-order valence-electron chi connectivity index (χ3n) is 10.6. The molecule has 438 valence electrons. The van der Waals surface area contributed by atoms with Crippen LogP contribution in [0.3, 0.4) is 0 Å². The summed E-state index contributed by atoms with van der Waals surface area (Å²) in [6, 6.07) is 0. The zero-order valence-electron chi connectivity index (χ0n) is 52.1. The SMILES string of the molecule is C.CC.CC.CCCC.CCCC.CCCCC.CCCCCCC(=O)O.CCCCCCCCCCCCCCC.CCCCCCCOC(C)=O.CCCCCN(CCC)CCCC.c1c[nH]cn1. The van der Waals surface area contributed by atoms with Crippen LogP contribution < -0.4 is 0 Å². The minimum absolute atomic E-state index is 0. The number of H-pyrrole nitrogens is 1. The van der Waals surface area contributed by atoms with Gasteiger partial charge in [0, 0.05) is 25.7 Å². The summed E-state index contributed by atoms with van der Waals surface area (Å²) in [5.41, 5.74) is 0. The molecule has 1 aromatic rings. The molecule has 0 bridgehead atoms. The molecule has 0 aliphatic rings. The summed E-state index contributed by atoms with van der Waals surface area (Å²) < 4.78 is 4.78. The molecular formula is C64H143N3O4. The first-order chi connectivity index (χ1) is 34.0. The van der Waals surface area contributed by atoms with Crippen LogP contribution in [0, 0.1) is 0 Å². The lowest BCUT2D eigenvalue weighted by atomic mass is 10.1. The predicted octanol–water partition coefficient (Wildman–Crippen LogP) is 23.3. The number of nitrogens with zero attached hydrogens (tertiary/aromatic N) is 2. The maximum atomic E-state index is 10.3. The van der Waals surface area contributed by atoms with Gasteiger partial charge in [-0.25, -0.2) is 4.98 Å². The lowest BCUT2D eigenvalue weighted by Crippen LogP contribution is -2.26. The predicted molar refractivity (Wildman–Crippen MR) is 329 cm³/mol. The Morgan fingerprint density at radius 1 is 0.423 bits per heavy atom. The summed E-state index contributed by atoms with van der Waals surface area (Å²) in [6.07, 6.45) is 52.0. The minimum Gasteiger partial charge on any atom is -0.481 e. The molecule has 7 heteroatoms. The topological polar surface area (TPSA) is 95.5 Å². The van der Waals surface area contributed by atoms with Crippen LogP contribution in [0.25, 0.3) is 0 Å². The van der Waals surface area contributed by atoms with Crippen LogP contribution in [0.15, 0.2) is 18.7 Å². The number of carboxylic acids is 1. The van der Waals surface area contributed by atoms with E-state index >= 15 is 0 Å². The van der Waals surface area contributed by atoms with Crippen LogP contribution in [-0.4, -0.2) is 58.2 Å². The number of ether oxygens (including phenoxy) is 1. The average Bonchev–Trinajstić information content (AvgIpc) is 3.98. The van der Waals surface area contributed by atoms with Crippen molar-refractivity contribution in [2.24, 2.45) is 0 Å². The van der Waals surface area contributed by atoms with E-state index in [1.54, 1.807) is 18.7 Å².